The summed E-state index contributed by atoms with van der Waals surface area (Å²) in [5.41, 5.74) is -1.08. The highest BCUT2D eigenvalue weighted by atomic mass is 31.2. The molecule has 0 aromatic carbocycles. The summed E-state index contributed by atoms with van der Waals surface area (Å²) in [6, 6.07) is 0. The van der Waals surface area contributed by atoms with Gasteiger partial charge in [0.1, 0.15) is 6.35 Å². The average Bonchev–Trinajstić information content (AvgIpc) is 2.74. The maximum Gasteiger partial charge on any atom is 0.412 e. The van der Waals surface area contributed by atoms with Crippen molar-refractivity contribution in [2.24, 2.45) is 0 Å². The Balaban J connectivity index is 2.67. The Morgan fingerprint density at radius 3 is 2.23 bits per heavy atom. The number of nitrogens with one attached hydrogen (secondary N) is 1. The van der Waals surface area contributed by atoms with Crippen molar-refractivity contribution in [2.45, 2.75) is 45.1 Å². The fourth-order valence-electron chi connectivity index (χ4n) is 2.16. The number of amides is 1. The van der Waals surface area contributed by atoms with Crippen molar-refractivity contribution < 1.29 is 58.6 Å². The van der Waals surface area contributed by atoms with E-state index in [1.165, 1.54) is 0 Å². The lowest BCUT2D eigenvalue weighted by molar-refractivity contribution is -0.166. The summed E-state index contributed by atoms with van der Waals surface area (Å²) < 4.78 is 118. The van der Waals surface area contributed by atoms with E-state index in [-0.39, 0.29) is 6.61 Å². The Morgan fingerprint density at radius 1 is 1.09 bits per heavy atom. The van der Waals surface area contributed by atoms with Crippen LogP contribution in [0.5, 0.6) is 0 Å². The highest BCUT2D eigenvalue weighted by Gasteiger charge is 2.38. The van der Waals surface area contributed by atoms with Crippen molar-refractivity contribution in [2.75, 3.05) is 38.1 Å². The van der Waals surface area contributed by atoms with Crippen LogP contribution in [0.3, 0.4) is 0 Å². The Morgan fingerprint density at radius 2 is 1.69 bits per heavy atom. The van der Waals surface area contributed by atoms with Gasteiger partial charge in [-0.2, -0.15) is 31.3 Å². The number of aromatic nitrogens is 2. The second-order valence-corrected chi connectivity index (χ2v) is 8.80. The van der Waals surface area contributed by atoms with Crippen LogP contribution in [-0.4, -0.2) is 60.8 Å². The van der Waals surface area contributed by atoms with Gasteiger partial charge in [0.05, 0.1) is 19.8 Å². The molecule has 1 N–H and O–H groups in total. The van der Waals surface area contributed by atoms with E-state index in [0.717, 1.165) is 12.8 Å². The number of carbonyl (C=O) groups is 1. The summed E-state index contributed by atoms with van der Waals surface area (Å²) in [5, 5.41) is 1.95. The topological polar surface area (TPSA) is 118 Å². The molecule has 35 heavy (non-hydrogen) atoms. The van der Waals surface area contributed by atoms with Gasteiger partial charge in [-0.25, -0.2) is 14.0 Å². The zero-order valence-electron chi connectivity index (χ0n) is 18.3. The number of hydrogen-bond acceptors (Lipinski definition) is 8. The predicted molar refractivity (Wildman–Crippen MR) is 105 cm³/mol. The molecule has 0 atom stereocenters. The van der Waals surface area contributed by atoms with Gasteiger partial charge >= 0.3 is 31.7 Å². The van der Waals surface area contributed by atoms with E-state index in [1.807, 2.05) is 12.2 Å². The van der Waals surface area contributed by atoms with Crippen LogP contribution < -0.4 is 11.0 Å². The van der Waals surface area contributed by atoms with Crippen LogP contribution in [0.15, 0.2) is 11.0 Å². The van der Waals surface area contributed by atoms with Gasteiger partial charge in [-0.3, -0.25) is 23.5 Å². The summed E-state index contributed by atoms with van der Waals surface area (Å²) >= 11 is 0. The molecule has 1 rings (SSSR count). The van der Waals surface area contributed by atoms with Crippen LogP contribution >= 0.6 is 7.60 Å². The first-order chi connectivity index (χ1) is 16.1. The van der Waals surface area contributed by atoms with Crippen molar-refractivity contribution in [1.82, 2.24) is 9.55 Å². The normalized spacial score (nSPS) is 12.6. The zero-order chi connectivity index (χ0) is 26.7. The molecule has 1 heterocycles. The van der Waals surface area contributed by atoms with Crippen LogP contribution in [0.1, 0.15) is 26.2 Å². The molecule has 0 aliphatic heterocycles. The van der Waals surface area contributed by atoms with Crippen molar-refractivity contribution in [1.29, 1.82) is 0 Å². The standard InChI is InChI=1S/C17H23F7N3O7P/c1-2-3-4-6-32-15(29)26-13-12(18)8-27(14(28)25-13)5-7-31-11-35(30,33-9-16(19,20)21)34-10-17(22,23)24/h8H,2-7,9-11H2,1H3,(H,25,26,28,29). The first-order valence-corrected chi connectivity index (χ1v) is 11.7. The predicted octanol–water partition coefficient (Wildman–Crippen LogP) is 4.45. The van der Waals surface area contributed by atoms with Gasteiger partial charge in [-0.1, -0.05) is 19.8 Å². The minimum atomic E-state index is -5.01. The molecule has 0 fully saturated rings. The number of nitrogens with zero attached hydrogens (tertiary/aromatic N) is 2. The summed E-state index contributed by atoms with van der Waals surface area (Å²) in [6.45, 7) is -3.43. The highest BCUT2D eigenvalue weighted by Crippen LogP contribution is 2.50. The Bertz CT molecular complexity index is 903. The van der Waals surface area contributed by atoms with Gasteiger partial charge in [-0.05, 0) is 6.42 Å². The minimum Gasteiger partial charge on any atom is -0.449 e. The molecule has 1 amide bonds. The molecule has 18 heteroatoms. The lowest BCUT2D eigenvalue weighted by atomic mass is 10.3. The van der Waals surface area contributed by atoms with E-state index in [2.05, 4.69) is 14.0 Å². The van der Waals surface area contributed by atoms with Gasteiger partial charge in [0.15, 0.2) is 24.8 Å². The molecule has 0 saturated heterocycles. The van der Waals surface area contributed by atoms with Crippen molar-refractivity contribution in [3.63, 3.8) is 0 Å². The van der Waals surface area contributed by atoms with E-state index < -0.39 is 76.1 Å². The fourth-order valence-corrected chi connectivity index (χ4v) is 3.42. The highest BCUT2D eigenvalue weighted by molar-refractivity contribution is 7.53. The molecular formula is C17H23F7N3O7P. The summed E-state index contributed by atoms with van der Waals surface area (Å²) in [6.07, 6.45) is -9.49. The van der Waals surface area contributed by atoms with Crippen molar-refractivity contribution in [3.8, 4) is 0 Å². The van der Waals surface area contributed by atoms with Gasteiger partial charge < -0.3 is 9.47 Å². The number of anilines is 1. The monoisotopic (exact) mass is 545 g/mol. The van der Waals surface area contributed by atoms with E-state index in [1.54, 1.807) is 0 Å². The largest absolute Gasteiger partial charge is 0.449 e. The number of hydrogen-bond donors (Lipinski definition) is 1. The third-order valence-corrected chi connectivity index (χ3v) is 5.27. The SMILES string of the molecule is CCCCCOC(=O)Nc1nc(=O)n(CCOCP(=O)(OCC(F)(F)F)OCC(F)(F)F)cc1F. The first-order valence-electron chi connectivity index (χ1n) is 9.94. The molecule has 0 saturated carbocycles. The van der Waals surface area contributed by atoms with Crippen molar-refractivity contribution in [3.05, 3.63) is 22.5 Å². The maximum absolute atomic E-state index is 14.1. The van der Waals surface area contributed by atoms with Crippen LogP contribution in [0.4, 0.5) is 41.3 Å². The van der Waals surface area contributed by atoms with E-state index in [0.29, 0.717) is 17.2 Å². The average molecular weight is 545 g/mol. The van der Waals surface area contributed by atoms with Gasteiger partial charge in [0, 0.05) is 6.20 Å². The van der Waals surface area contributed by atoms with E-state index in [4.69, 9.17) is 9.47 Å². The maximum atomic E-state index is 14.1. The quantitative estimate of drug-likeness (QED) is 0.207. The van der Waals surface area contributed by atoms with Gasteiger partial charge in [0.2, 0.25) is 0 Å². The third kappa shape index (κ3) is 13.4. The minimum absolute atomic E-state index is 0.0684. The number of carbonyl (C=O) groups excluding carboxylic acids is 1. The Labute approximate surface area is 194 Å². The molecular weight excluding hydrogens is 522 g/mol. The molecule has 0 unspecified atom stereocenters. The third-order valence-electron chi connectivity index (χ3n) is 3.73. The summed E-state index contributed by atoms with van der Waals surface area (Å²) in [7, 11) is -4.99. The van der Waals surface area contributed by atoms with Crippen molar-refractivity contribution >= 4 is 19.5 Å². The molecule has 0 radical (unpaired) electrons. The van der Waals surface area contributed by atoms with Crippen LogP contribution in [0.25, 0.3) is 0 Å². The Kier molecular flexibility index (Phi) is 12.1. The first kappa shape index (κ1) is 30.8. The number of unbranched alkanes of at least 4 members (excludes halogenated alkanes) is 2. The van der Waals surface area contributed by atoms with Crippen LogP contribution in [0.2, 0.25) is 0 Å². The molecule has 0 spiro atoms. The molecule has 202 valence electrons. The number of halogens is 7. The summed E-state index contributed by atoms with van der Waals surface area (Å²) in [4.78, 5) is 26.9. The molecule has 1 aromatic heterocycles. The smallest absolute Gasteiger partial charge is 0.412 e. The second-order valence-electron chi connectivity index (χ2n) is 6.81. The number of alkyl halides is 6. The lowest BCUT2D eigenvalue weighted by Crippen LogP contribution is -2.28. The number of rotatable bonds is 14. The molecule has 10 nitrogen and oxygen atoms in total. The summed E-state index contributed by atoms with van der Waals surface area (Å²) in [5.74, 6) is -1.87. The van der Waals surface area contributed by atoms with Crippen LogP contribution in [0, 0.1) is 5.82 Å². The number of ether oxygens (including phenoxy) is 2. The van der Waals surface area contributed by atoms with Crippen LogP contribution in [-0.2, 0) is 29.6 Å². The zero-order valence-corrected chi connectivity index (χ0v) is 19.2. The van der Waals surface area contributed by atoms with E-state index >= 15 is 0 Å². The molecule has 0 aliphatic rings. The molecule has 0 aliphatic carbocycles. The van der Waals surface area contributed by atoms with E-state index in [9.17, 15) is 44.9 Å². The molecule has 0 bridgehead atoms. The van der Waals surface area contributed by atoms with Gasteiger partial charge in [0.25, 0.3) is 0 Å². The fraction of sp³-hybridized carbons (Fsp3) is 0.706. The molecule has 1 aromatic rings. The Hall–Kier alpha value is -2.23. The lowest BCUT2D eigenvalue weighted by Gasteiger charge is -2.20. The second kappa shape index (κ2) is 13.8. The van der Waals surface area contributed by atoms with Gasteiger partial charge in [-0.15, -0.1) is 0 Å².